The summed E-state index contributed by atoms with van der Waals surface area (Å²) in [6.45, 7) is 4.75. The van der Waals surface area contributed by atoms with E-state index in [4.69, 9.17) is 5.11 Å². The lowest BCUT2D eigenvalue weighted by molar-refractivity contribution is -0.138. The fraction of sp³-hybridized carbons (Fsp3) is 0.583. The Morgan fingerprint density at radius 1 is 1.40 bits per heavy atom. The molecule has 7 nitrogen and oxygen atoms in total. The van der Waals surface area contributed by atoms with Crippen LogP contribution >= 0.6 is 11.3 Å². The number of thiazole rings is 1. The van der Waals surface area contributed by atoms with E-state index >= 15 is 0 Å². The molecular formula is C12H18N4O3S. The molecule has 0 spiro atoms. The molecule has 0 aliphatic carbocycles. The van der Waals surface area contributed by atoms with E-state index in [1.165, 1.54) is 11.3 Å². The highest BCUT2D eigenvalue weighted by molar-refractivity contribution is 7.09. The summed E-state index contributed by atoms with van der Waals surface area (Å²) in [5.74, 6) is -0.830. The minimum absolute atomic E-state index is 0.0372. The number of hydrogen-bond donors (Lipinski definition) is 2. The van der Waals surface area contributed by atoms with Crippen LogP contribution in [0.4, 0.5) is 4.79 Å². The van der Waals surface area contributed by atoms with E-state index in [0.29, 0.717) is 32.7 Å². The number of aliphatic carboxylic acids is 1. The average molecular weight is 298 g/mol. The first kappa shape index (κ1) is 14.7. The highest BCUT2D eigenvalue weighted by Crippen LogP contribution is 2.11. The van der Waals surface area contributed by atoms with Gasteiger partial charge < -0.3 is 15.3 Å². The number of hydrogen-bond acceptors (Lipinski definition) is 5. The molecule has 110 valence electrons. The number of piperazine rings is 1. The van der Waals surface area contributed by atoms with Crippen LogP contribution in [0.3, 0.4) is 0 Å². The number of urea groups is 1. The van der Waals surface area contributed by atoms with E-state index in [2.05, 4.69) is 10.3 Å². The van der Waals surface area contributed by atoms with Gasteiger partial charge in [-0.1, -0.05) is 0 Å². The standard InChI is InChI=1S/C12H18N4O3S/c1-9-10(20-8-14-9)6-13-12(19)16-4-2-15(3-5-16)7-11(17)18/h8H,2-7H2,1H3,(H,13,19)(H,17,18). The van der Waals surface area contributed by atoms with Crippen molar-refractivity contribution in [3.05, 3.63) is 16.1 Å². The van der Waals surface area contributed by atoms with Gasteiger partial charge in [0.15, 0.2) is 0 Å². The van der Waals surface area contributed by atoms with Gasteiger partial charge in [-0.2, -0.15) is 0 Å². The summed E-state index contributed by atoms with van der Waals surface area (Å²) in [5.41, 5.74) is 2.71. The minimum Gasteiger partial charge on any atom is -0.480 e. The molecule has 1 aromatic heterocycles. The van der Waals surface area contributed by atoms with Crippen molar-refractivity contribution in [1.82, 2.24) is 20.1 Å². The van der Waals surface area contributed by atoms with Gasteiger partial charge in [0.25, 0.3) is 0 Å². The van der Waals surface area contributed by atoms with Crippen LogP contribution < -0.4 is 5.32 Å². The number of nitrogens with one attached hydrogen (secondary N) is 1. The van der Waals surface area contributed by atoms with Gasteiger partial charge in [-0.25, -0.2) is 9.78 Å². The van der Waals surface area contributed by atoms with Gasteiger partial charge in [-0.05, 0) is 6.92 Å². The maximum Gasteiger partial charge on any atom is 0.317 e. The van der Waals surface area contributed by atoms with Crippen molar-refractivity contribution in [3.8, 4) is 0 Å². The van der Waals surface area contributed by atoms with Crippen molar-refractivity contribution in [2.24, 2.45) is 0 Å². The highest BCUT2D eigenvalue weighted by atomic mass is 32.1. The number of aryl methyl sites for hydroxylation is 1. The number of aromatic nitrogens is 1. The second kappa shape index (κ2) is 6.67. The van der Waals surface area contributed by atoms with Gasteiger partial charge in [0.05, 0.1) is 24.3 Å². The second-order valence-corrected chi connectivity index (χ2v) is 5.62. The molecule has 0 aromatic carbocycles. The van der Waals surface area contributed by atoms with E-state index in [0.717, 1.165) is 10.6 Å². The SMILES string of the molecule is Cc1ncsc1CNC(=O)N1CCN(CC(=O)O)CC1. The first-order chi connectivity index (χ1) is 9.56. The molecule has 0 atom stereocenters. The van der Waals surface area contributed by atoms with Crippen molar-refractivity contribution in [2.45, 2.75) is 13.5 Å². The van der Waals surface area contributed by atoms with Gasteiger partial charge in [0.1, 0.15) is 0 Å². The summed E-state index contributed by atoms with van der Waals surface area (Å²) in [5, 5.41) is 11.6. The Morgan fingerprint density at radius 2 is 2.10 bits per heavy atom. The zero-order chi connectivity index (χ0) is 14.5. The lowest BCUT2D eigenvalue weighted by Crippen LogP contribution is -2.52. The summed E-state index contributed by atoms with van der Waals surface area (Å²) in [6.07, 6.45) is 0. The molecule has 20 heavy (non-hydrogen) atoms. The van der Waals surface area contributed by atoms with Crippen molar-refractivity contribution >= 4 is 23.3 Å². The Morgan fingerprint density at radius 3 is 2.65 bits per heavy atom. The van der Waals surface area contributed by atoms with Crippen LogP contribution in [0.5, 0.6) is 0 Å². The Balaban J connectivity index is 1.74. The van der Waals surface area contributed by atoms with Crippen LogP contribution in [0.1, 0.15) is 10.6 Å². The zero-order valence-corrected chi connectivity index (χ0v) is 12.2. The molecule has 2 amide bonds. The van der Waals surface area contributed by atoms with E-state index in [9.17, 15) is 9.59 Å². The van der Waals surface area contributed by atoms with Gasteiger partial charge in [0.2, 0.25) is 0 Å². The molecule has 0 saturated carbocycles. The van der Waals surface area contributed by atoms with Gasteiger partial charge >= 0.3 is 12.0 Å². The number of nitrogens with zero attached hydrogens (tertiary/aromatic N) is 3. The molecule has 1 aliphatic rings. The predicted molar refractivity (Wildman–Crippen MR) is 74.7 cm³/mol. The summed E-state index contributed by atoms with van der Waals surface area (Å²) >= 11 is 1.53. The highest BCUT2D eigenvalue weighted by Gasteiger charge is 2.22. The maximum atomic E-state index is 12.0. The summed E-state index contributed by atoms with van der Waals surface area (Å²) in [4.78, 5) is 31.4. The monoisotopic (exact) mass is 298 g/mol. The number of rotatable bonds is 4. The fourth-order valence-corrected chi connectivity index (χ4v) is 2.78. The molecule has 1 fully saturated rings. The molecule has 2 N–H and O–H groups in total. The van der Waals surface area contributed by atoms with Gasteiger partial charge in [-0.15, -0.1) is 11.3 Å². The summed E-state index contributed by atoms with van der Waals surface area (Å²) in [6, 6.07) is -0.104. The maximum absolute atomic E-state index is 12.0. The van der Waals surface area contributed by atoms with E-state index in [1.807, 2.05) is 11.8 Å². The van der Waals surface area contributed by atoms with Crippen LogP contribution in [0, 0.1) is 6.92 Å². The Bertz CT molecular complexity index is 483. The molecule has 8 heteroatoms. The molecule has 1 aromatic rings. The lowest BCUT2D eigenvalue weighted by atomic mass is 10.3. The summed E-state index contributed by atoms with van der Waals surface area (Å²) < 4.78 is 0. The number of carboxylic acid groups (broad SMARTS) is 1. The third-order valence-corrected chi connectivity index (χ3v) is 4.20. The van der Waals surface area contributed by atoms with Gasteiger partial charge in [-0.3, -0.25) is 9.69 Å². The normalized spacial score (nSPS) is 16.1. The van der Waals surface area contributed by atoms with Crippen molar-refractivity contribution in [2.75, 3.05) is 32.7 Å². The number of carbonyl (C=O) groups is 2. The minimum atomic E-state index is -0.830. The van der Waals surface area contributed by atoms with Crippen LogP contribution in [0.25, 0.3) is 0 Å². The Labute approximate surface area is 121 Å². The Kier molecular flexibility index (Phi) is 4.91. The van der Waals surface area contributed by atoms with Crippen LogP contribution in [-0.4, -0.2) is 64.6 Å². The van der Waals surface area contributed by atoms with Gasteiger partial charge in [0, 0.05) is 31.1 Å². The van der Waals surface area contributed by atoms with Crippen LogP contribution in [0.15, 0.2) is 5.51 Å². The van der Waals surface area contributed by atoms with Crippen molar-refractivity contribution < 1.29 is 14.7 Å². The third-order valence-electron chi connectivity index (χ3n) is 3.26. The van der Waals surface area contributed by atoms with E-state index in [-0.39, 0.29) is 12.6 Å². The number of carboxylic acids is 1. The lowest BCUT2D eigenvalue weighted by Gasteiger charge is -2.33. The average Bonchev–Trinajstić information content (AvgIpc) is 2.82. The van der Waals surface area contributed by atoms with E-state index < -0.39 is 5.97 Å². The molecule has 2 heterocycles. The second-order valence-electron chi connectivity index (χ2n) is 4.68. The third kappa shape index (κ3) is 3.91. The van der Waals surface area contributed by atoms with E-state index in [1.54, 1.807) is 10.4 Å². The van der Waals surface area contributed by atoms with Crippen LogP contribution in [-0.2, 0) is 11.3 Å². The molecule has 1 saturated heterocycles. The first-order valence-electron chi connectivity index (χ1n) is 6.42. The first-order valence-corrected chi connectivity index (χ1v) is 7.30. The smallest absolute Gasteiger partial charge is 0.317 e. The Hall–Kier alpha value is -1.67. The summed E-state index contributed by atoms with van der Waals surface area (Å²) in [7, 11) is 0. The number of amides is 2. The zero-order valence-electron chi connectivity index (χ0n) is 11.3. The quantitative estimate of drug-likeness (QED) is 0.838. The van der Waals surface area contributed by atoms with Crippen molar-refractivity contribution in [1.29, 1.82) is 0 Å². The molecule has 1 aliphatic heterocycles. The molecule has 2 rings (SSSR count). The topological polar surface area (TPSA) is 85.8 Å². The predicted octanol–water partition coefficient (Wildman–Crippen LogP) is 0.363. The van der Waals surface area contributed by atoms with Crippen LogP contribution in [0.2, 0.25) is 0 Å². The molecule has 0 radical (unpaired) electrons. The fourth-order valence-electron chi connectivity index (χ4n) is 2.06. The van der Waals surface area contributed by atoms with Crippen molar-refractivity contribution in [3.63, 3.8) is 0 Å². The molecular weight excluding hydrogens is 280 g/mol. The molecule has 0 unspecified atom stereocenters. The largest absolute Gasteiger partial charge is 0.480 e. The number of carbonyl (C=O) groups excluding carboxylic acids is 1. The molecule has 0 bridgehead atoms.